The van der Waals surface area contributed by atoms with Gasteiger partial charge in [-0.3, -0.25) is 4.98 Å². The first-order valence-electron chi connectivity index (χ1n) is 4.43. The number of unbranched alkanes of at least 4 members (excludes halogenated alkanes) is 2. The minimum Gasteiger partial charge on any atom is -0.396 e. The van der Waals surface area contributed by atoms with Crippen LogP contribution in [-0.2, 0) is 0 Å². The molecule has 0 saturated heterocycles. The topological polar surface area (TPSA) is 33.1 Å². The smallest absolute Gasteiger partial charge is 0.0431 e. The molecule has 1 rings (SSSR count). The van der Waals surface area contributed by atoms with Gasteiger partial charge >= 0.3 is 0 Å². The lowest BCUT2D eigenvalue weighted by Gasteiger charge is -1.89. The van der Waals surface area contributed by atoms with E-state index in [2.05, 4.69) is 16.8 Å². The highest BCUT2D eigenvalue weighted by Crippen LogP contribution is 1.95. The van der Waals surface area contributed by atoms with Crippen LogP contribution in [0.1, 0.15) is 24.8 Å². The Kier molecular flexibility index (Phi) is 4.66. The molecule has 2 nitrogen and oxygen atoms in total. The number of aliphatic hydroxyl groups excluding tert-OH is 1. The van der Waals surface area contributed by atoms with E-state index in [4.69, 9.17) is 5.11 Å². The van der Waals surface area contributed by atoms with Gasteiger partial charge in [-0.15, -0.1) is 0 Å². The van der Waals surface area contributed by atoms with E-state index < -0.39 is 0 Å². The second-order valence-corrected chi connectivity index (χ2v) is 2.72. The van der Waals surface area contributed by atoms with Crippen molar-refractivity contribution in [1.82, 2.24) is 4.98 Å². The van der Waals surface area contributed by atoms with Crippen molar-refractivity contribution in [2.75, 3.05) is 6.61 Å². The second kappa shape index (κ2) is 6.22. The summed E-state index contributed by atoms with van der Waals surface area (Å²) < 4.78 is 0. The molecule has 0 radical (unpaired) electrons. The van der Waals surface area contributed by atoms with Crippen LogP contribution < -0.4 is 0 Å². The van der Waals surface area contributed by atoms with Crippen LogP contribution in [-0.4, -0.2) is 16.7 Å². The molecule has 0 spiro atoms. The average Bonchev–Trinajstić information content (AvgIpc) is 2.19. The van der Waals surface area contributed by atoms with Gasteiger partial charge in [0.05, 0.1) is 0 Å². The van der Waals surface area contributed by atoms with Crippen LogP contribution in [0.3, 0.4) is 0 Å². The van der Waals surface area contributed by atoms with Crippen LogP contribution >= 0.6 is 0 Å². The first kappa shape index (κ1) is 9.76. The molecule has 0 unspecified atom stereocenters. The maximum atomic E-state index is 8.53. The Bertz CT molecular complexity index is 284. The van der Waals surface area contributed by atoms with Crippen LogP contribution in [0.4, 0.5) is 0 Å². The first-order chi connectivity index (χ1) is 6.43. The zero-order valence-corrected chi connectivity index (χ0v) is 7.53. The molecule has 0 aliphatic carbocycles. The van der Waals surface area contributed by atoms with Gasteiger partial charge in [0.1, 0.15) is 0 Å². The van der Waals surface area contributed by atoms with E-state index in [1.165, 1.54) is 0 Å². The Morgan fingerprint density at radius 2 is 2.00 bits per heavy atom. The summed E-state index contributed by atoms with van der Waals surface area (Å²) in [6.45, 7) is 0.261. The summed E-state index contributed by atoms with van der Waals surface area (Å²) in [5, 5.41) is 8.53. The van der Waals surface area contributed by atoms with Crippen molar-refractivity contribution in [2.24, 2.45) is 0 Å². The van der Waals surface area contributed by atoms with E-state index in [1.807, 2.05) is 12.1 Å². The highest BCUT2D eigenvalue weighted by molar-refractivity contribution is 5.31. The molecular formula is C11H13NO. The van der Waals surface area contributed by atoms with Crippen molar-refractivity contribution in [3.63, 3.8) is 0 Å². The van der Waals surface area contributed by atoms with Crippen molar-refractivity contribution in [1.29, 1.82) is 0 Å². The largest absolute Gasteiger partial charge is 0.396 e. The van der Waals surface area contributed by atoms with E-state index in [0.717, 1.165) is 24.8 Å². The van der Waals surface area contributed by atoms with Crippen LogP contribution in [0.25, 0.3) is 0 Å². The minimum absolute atomic E-state index is 0.261. The predicted octanol–water partition coefficient (Wildman–Crippen LogP) is 1.60. The summed E-state index contributed by atoms with van der Waals surface area (Å²) in [5.74, 6) is 6.08. The second-order valence-electron chi connectivity index (χ2n) is 2.72. The molecule has 1 heterocycles. The molecule has 1 aromatic rings. The number of hydrogen-bond acceptors (Lipinski definition) is 2. The zero-order chi connectivity index (χ0) is 9.36. The molecule has 0 aliphatic rings. The Labute approximate surface area is 78.6 Å². The van der Waals surface area contributed by atoms with Crippen LogP contribution in [0, 0.1) is 11.8 Å². The highest BCUT2D eigenvalue weighted by atomic mass is 16.2. The molecule has 0 aromatic carbocycles. The van der Waals surface area contributed by atoms with Gasteiger partial charge in [0.2, 0.25) is 0 Å². The maximum absolute atomic E-state index is 8.53. The molecule has 0 bridgehead atoms. The molecule has 1 aromatic heterocycles. The number of nitrogens with zero attached hydrogens (tertiary/aromatic N) is 1. The fourth-order valence-corrected chi connectivity index (χ4v) is 0.925. The number of aliphatic hydroxyl groups is 1. The van der Waals surface area contributed by atoms with E-state index in [9.17, 15) is 0 Å². The fourth-order valence-electron chi connectivity index (χ4n) is 0.925. The molecule has 2 heteroatoms. The third kappa shape index (κ3) is 4.29. The van der Waals surface area contributed by atoms with Crippen molar-refractivity contribution >= 4 is 0 Å². The quantitative estimate of drug-likeness (QED) is 0.559. The SMILES string of the molecule is OCCCCC#Cc1ccncc1. The first-order valence-corrected chi connectivity index (χ1v) is 4.43. The van der Waals surface area contributed by atoms with Crippen LogP contribution in [0.15, 0.2) is 24.5 Å². The third-order valence-electron chi connectivity index (χ3n) is 1.62. The maximum Gasteiger partial charge on any atom is 0.0431 e. The number of rotatable bonds is 3. The lowest BCUT2D eigenvalue weighted by atomic mass is 10.2. The number of hydrogen-bond donors (Lipinski definition) is 1. The van der Waals surface area contributed by atoms with E-state index in [1.54, 1.807) is 12.4 Å². The van der Waals surface area contributed by atoms with Gasteiger partial charge in [-0.2, -0.15) is 0 Å². The summed E-state index contributed by atoms with van der Waals surface area (Å²) in [5.41, 5.74) is 0.999. The lowest BCUT2D eigenvalue weighted by molar-refractivity contribution is 0.285. The molecule has 0 saturated carbocycles. The van der Waals surface area contributed by atoms with Crippen molar-refractivity contribution < 1.29 is 5.11 Å². The summed E-state index contributed by atoms with van der Waals surface area (Å²) in [6, 6.07) is 3.78. The molecule has 0 fully saturated rings. The summed E-state index contributed by atoms with van der Waals surface area (Å²) in [4.78, 5) is 3.90. The van der Waals surface area contributed by atoms with Gasteiger partial charge < -0.3 is 5.11 Å². The van der Waals surface area contributed by atoms with Crippen molar-refractivity contribution in [3.05, 3.63) is 30.1 Å². The van der Waals surface area contributed by atoms with Crippen LogP contribution in [0.2, 0.25) is 0 Å². The van der Waals surface area contributed by atoms with Gasteiger partial charge in [-0.25, -0.2) is 0 Å². The van der Waals surface area contributed by atoms with Gasteiger partial charge in [0.15, 0.2) is 0 Å². The number of pyridine rings is 1. The Morgan fingerprint density at radius 1 is 1.23 bits per heavy atom. The predicted molar refractivity (Wildman–Crippen MR) is 52.1 cm³/mol. The Balaban J connectivity index is 2.31. The van der Waals surface area contributed by atoms with Crippen molar-refractivity contribution in [3.8, 4) is 11.8 Å². The average molecular weight is 175 g/mol. The van der Waals surface area contributed by atoms with Crippen molar-refractivity contribution in [2.45, 2.75) is 19.3 Å². The highest BCUT2D eigenvalue weighted by Gasteiger charge is 1.83. The molecule has 68 valence electrons. The van der Waals surface area contributed by atoms with E-state index >= 15 is 0 Å². The van der Waals surface area contributed by atoms with Crippen LogP contribution in [0.5, 0.6) is 0 Å². The normalized spacial score (nSPS) is 9.00. The Hall–Kier alpha value is -1.33. The molecule has 13 heavy (non-hydrogen) atoms. The summed E-state index contributed by atoms with van der Waals surface area (Å²) >= 11 is 0. The summed E-state index contributed by atoms with van der Waals surface area (Å²) in [7, 11) is 0. The molecular weight excluding hydrogens is 162 g/mol. The van der Waals surface area contributed by atoms with E-state index in [-0.39, 0.29) is 6.61 Å². The van der Waals surface area contributed by atoms with Gasteiger partial charge in [-0.1, -0.05) is 11.8 Å². The molecule has 1 N–H and O–H groups in total. The summed E-state index contributed by atoms with van der Waals surface area (Å²) in [6.07, 6.45) is 6.12. The van der Waals surface area contributed by atoms with Gasteiger partial charge in [0, 0.05) is 31.0 Å². The van der Waals surface area contributed by atoms with E-state index in [0.29, 0.717) is 0 Å². The third-order valence-corrected chi connectivity index (χ3v) is 1.62. The van der Waals surface area contributed by atoms with Gasteiger partial charge in [-0.05, 0) is 25.0 Å². The van der Waals surface area contributed by atoms with Gasteiger partial charge in [0.25, 0.3) is 0 Å². The lowest BCUT2D eigenvalue weighted by Crippen LogP contribution is -1.80. The number of aromatic nitrogens is 1. The molecule has 0 atom stereocenters. The standard InChI is InChI=1S/C11H13NO/c13-10-4-2-1-3-5-11-6-8-12-9-7-11/h6-9,13H,1-2,4,10H2. The zero-order valence-electron chi connectivity index (χ0n) is 7.53. The fraction of sp³-hybridized carbons (Fsp3) is 0.364. The molecule has 0 aliphatic heterocycles. The Morgan fingerprint density at radius 3 is 2.69 bits per heavy atom. The minimum atomic E-state index is 0.261. The molecule has 0 amide bonds. The monoisotopic (exact) mass is 175 g/mol.